The van der Waals surface area contributed by atoms with Crippen LogP contribution in [0.25, 0.3) is 11.3 Å². The van der Waals surface area contributed by atoms with Crippen molar-refractivity contribution < 1.29 is 28.2 Å². The number of nitrogens with one attached hydrogen (secondary N) is 2. The average Bonchev–Trinajstić information content (AvgIpc) is 3.40. The van der Waals surface area contributed by atoms with Crippen LogP contribution >= 0.6 is 27.9 Å². The molecule has 1 saturated heterocycles. The molecule has 0 radical (unpaired) electrons. The van der Waals surface area contributed by atoms with E-state index in [-0.39, 0.29) is 12.5 Å². The number of hydrogen-bond donors (Lipinski definition) is 3. The molecule has 1 fully saturated rings. The van der Waals surface area contributed by atoms with Crippen molar-refractivity contribution in [1.82, 2.24) is 19.6 Å². The van der Waals surface area contributed by atoms with E-state index in [1.54, 1.807) is 19.2 Å². The Bertz CT molecular complexity index is 1420. The molecular weight excluding hydrogens is 620 g/mol. The van der Waals surface area contributed by atoms with Gasteiger partial charge in [0.05, 0.1) is 48.6 Å². The molecule has 218 valence electrons. The predicted molar refractivity (Wildman–Crippen MR) is 155 cm³/mol. The molecule has 3 N–H and O–H groups in total. The van der Waals surface area contributed by atoms with Gasteiger partial charge in [0, 0.05) is 35.9 Å². The van der Waals surface area contributed by atoms with Gasteiger partial charge in [0.25, 0.3) is 0 Å². The number of aliphatic hydroxyl groups excluding tert-OH is 1. The number of aromatic nitrogens is 2. The second kappa shape index (κ2) is 13.0. The zero-order chi connectivity index (χ0) is 29.1. The quantitative estimate of drug-likeness (QED) is 0.285. The molecule has 0 saturated carbocycles. The van der Waals surface area contributed by atoms with Crippen molar-refractivity contribution in [3.05, 3.63) is 64.0 Å². The number of alkyl halides is 1. The number of fused-ring (bicyclic) bond motifs is 1. The molecule has 2 aliphatic heterocycles. The Morgan fingerprint density at radius 1 is 1.34 bits per heavy atom. The molecule has 3 aromatic rings. The van der Waals surface area contributed by atoms with Gasteiger partial charge in [0.1, 0.15) is 17.7 Å². The Hall–Kier alpha value is -2.84. The maximum atomic E-state index is 14.2. The lowest BCUT2D eigenvalue weighted by Crippen LogP contribution is -2.43. The molecule has 0 aliphatic carbocycles. The lowest BCUT2D eigenvalue weighted by Gasteiger charge is -2.26. The highest BCUT2D eigenvalue weighted by Crippen LogP contribution is 2.40. The zero-order valence-corrected chi connectivity index (χ0v) is 24.8. The van der Waals surface area contributed by atoms with Gasteiger partial charge >= 0.3 is 0 Å². The van der Waals surface area contributed by atoms with Crippen LogP contribution in [0.15, 0.2) is 52.0 Å². The number of nitrogens with zero attached hydrogens (tertiary/aromatic N) is 3. The van der Waals surface area contributed by atoms with Crippen molar-refractivity contribution in [2.24, 2.45) is 0 Å². The van der Waals surface area contributed by atoms with Crippen LogP contribution in [0.5, 0.6) is 5.75 Å². The summed E-state index contributed by atoms with van der Waals surface area (Å²) in [5, 5.41) is 15.8. The van der Waals surface area contributed by atoms with Crippen LogP contribution in [0.3, 0.4) is 0 Å². The number of aliphatic hydroxyl groups is 1. The SMILES string of the molecule is COc1cc(F)cc([C@@H](CO)NC(=O)[C@@H](C)N2Cc3ccc(-c4nc(NC5CCOCC5F)ncc4Br)cc3S2)c1. The summed E-state index contributed by atoms with van der Waals surface area (Å²) in [5.41, 5.74) is 2.97. The van der Waals surface area contributed by atoms with E-state index in [0.29, 0.717) is 47.0 Å². The normalized spacial score (nSPS) is 20.2. The van der Waals surface area contributed by atoms with Crippen molar-refractivity contribution in [3.8, 4) is 17.0 Å². The number of halogens is 3. The van der Waals surface area contributed by atoms with Gasteiger partial charge in [-0.1, -0.05) is 12.1 Å². The van der Waals surface area contributed by atoms with E-state index in [1.807, 2.05) is 22.5 Å². The molecule has 4 atom stereocenters. The van der Waals surface area contributed by atoms with E-state index in [0.717, 1.165) is 16.0 Å². The maximum absolute atomic E-state index is 14.2. The lowest BCUT2D eigenvalue weighted by atomic mass is 10.1. The Kier molecular flexibility index (Phi) is 9.39. The van der Waals surface area contributed by atoms with E-state index in [2.05, 4.69) is 36.5 Å². The second-order valence-electron chi connectivity index (χ2n) is 9.85. The van der Waals surface area contributed by atoms with Crippen molar-refractivity contribution in [2.75, 3.05) is 32.2 Å². The third-order valence-corrected chi connectivity index (χ3v) is 8.91. The molecule has 3 heterocycles. The van der Waals surface area contributed by atoms with Gasteiger partial charge in [0.2, 0.25) is 11.9 Å². The average molecular weight is 651 g/mol. The first-order valence-corrected chi connectivity index (χ1v) is 14.7. The minimum Gasteiger partial charge on any atom is -0.497 e. The molecule has 1 amide bonds. The summed E-state index contributed by atoms with van der Waals surface area (Å²) in [6.45, 7) is 2.45. The van der Waals surface area contributed by atoms with Gasteiger partial charge in [-0.25, -0.2) is 23.1 Å². The number of anilines is 1. The smallest absolute Gasteiger partial charge is 0.238 e. The Morgan fingerprint density at radius 2 is 2.17 bits per heavy atom. The minimum absolute atomic E-state index is 0.0518. The number of hydrogen-bond acceptors (Lipinski definition) is 9. The van der Waals surface area contributed by atoms with Crippen LogP contribution in [-0.2, 0) is 16.1 Å². The first kappa shape index (κ1) is 29.6. The topological polar surface area (TPSA) is 109 Å². The molecule has 0 bridgehead atoms. The fourth-order valence-corrected chi connectivity index (χ4v) is 6.25. The predicted octanol–water partition coefficient (Wildman–Crippen LogP) is 4.65. The monoisotopic (exact) mass is 649 g/mol. The molecular formula is C28H30BrF2N5O4S. The van der Waals surface area contributed by atoms with E-state index < -0.39 is 36.7 Å². The van der Waals surface area contributed by atoms with Crippen LogP contribution in [-0.4, -0.2) is 70.5 Å². The van der Waals surface area contributed by atoms with E-state index in [4.69, 9.17) is 9.47 Å². The number of rotatable bonds is 9. The highest BCUT2D eigenvalue weighted by atomic mass is 79.9. The zero-order valence-electron chi connectivity index (χ0n) is 22.4. The summed E-state index contributed by atoms with van der Waals surface area (Å²) in [4.78, 5) is 23.1. The van der Waals surface area contributed by atoms with Crippen molar-refractivity contribution in [1.29, 1.82) is 0 Å². The highest BCUT2D eigenvalue weighted by molar-refractivity contribution is 9.10. The molecule has 41 heavy (non-hydrogen) atoms. The third-order valence-electron chi connectivity index (χ3n) is 7.07. The van der Waals surface area contributed by atoms with E-state index in [9.17, 15) is 18.7 Å². The molecule has 0 spiro atoms. The highest BCUT2D eigenvalue weighted by Gasteiger charge is 2.31. The van der Waals surface area contributed by atoms with Gasteiger partial charge in [-0.15, -0.1) is 0 Å². The van der Waals surface area contributed by atoms with Gasteiger partial charge < -0.3 is 25.2 Å². The van der Waals surface area contributed by atoms with Crippen LogP contribution < -0.4 is 15.4 Å². The number of benzene rings is 2. The fraction of sp³-hybridized carbons (Fsp3) is 0.393. The molecule has 1 aromatic heterocycles. The van der Waals surface area contributed by atoms with E-state index >= 15 is 0 Å². The van der Waals surface area contributed by atoms with Crippen molar-refractivity contribution >= 4 is 39.7 Å². The number of carbonyl (C=O) groups excluding carboxylic acids is 1. The minimum atomic E-state index is -1.13. The number of carbonyl (C=O) groups is 1. The molecule has 13 heteroatoms. The molecule has 2 unspecified atom stereocenters. The fourth-order valence-electron chi connectivity index (χ4n) is 4.69. The number of ether oxygens (including phenoxy) is 2. The Balaban J connectivity index is 1.27. The lowest BCUT2D eigenvalue weighted by molar-refractivity contribution is -0.125. The summed E-state index contributed by atoms with van der Waals surface area (Å²) < 4.78 is 41.2. The van der Waals surface area contributed by atoms with Gasteiger partial charge in [-0.05, 0) is 70.5 Å². The number of methoxy groups -OCH3 is 1. The first-order valence-electron chi connectivity index (χ1n) is 13.1. The van der Waals surface area contributed by atoms with Gasteiger partial charge in [-0.3, -0.25) is 4.79 Å². The molecule has 2 aliphatic rings. The first-order chi connectivity index (χ1) is 19.7. The Labute approximate surface area is 249 Å². The van der Waals surface area contributed by atoms with Crippen LogP contribution in [0.4, 0.5) is 14.7 Å². The van der Waals surface area contributed by atoms with Crippen molar-refractivity contribution in [2.45, 2.75) is 49.1 Å². The van der Waals surface area contributed by atoms with Crippen molar-refractivity contribution in [3.63, 3.8) is 0 Å². The third kappa shape index (κ3) is 6.81. The summed E-state index contributed by atoms with van der Waals surface area (Å²) in [6, 6.07) is 8.29. The van der Waals surface area contributed by atoms with Crippen LogP contribution in [0, 0.1) is 5.82 Å². The summed E-state index contributed by atoms with van der Waals surface area (Å²) in [6.07, 6.45) is 1.04. The number of amides is 1. The van der Waals surface area contributed by atoms with Crippen LogP contribution in [0.2, 0.25) is 0 Å². The summed E-state index contributed by atoms with van der Waals surface area (Å²) in [5.74, 6) is -0.182. The largest absolute Gasteiger partial charge is 0.497 e. The molecule has 5 rings (SSSR count). The summed E-state index contributed by atoms with van der Waals surface area (Å²) in [7, 11) is 1.42. The standard InChI is InChI=1S/C28H30BrF2N5O4S/c1-15(27(38)33-24(13-37)18-7-19(30)10-20(8-18)39-2)36-12-17-4-3-16(9-25(17)41-36)26-21(29)11-32-28(35-26)34-23-5-6-40-14-22(23)31/h3-4,7-11,15,22-24,37H,5-6,12-14H2,1-2H3,(H,33,38)(H,32,34,35)/t15-,22?,23?,24-/m1/s1. The molecule has 2 aromatic carbocycles. The van der Waals surface area contributed by atoms with Gasteiger partial charge in [0.15, 0.2) is 0 Å². The van der Waals surface area contributed by atoms with E-state index in [1.165, 1.54) is 31.2 Å². The van der Waals surface area contributed by atoms with Crippen LogP contribution in [0.1, 0.15) is 30.5 Å². The molecule has 9 nitrogen and oxygen atoms in total. The maximum Gasteiger partial charge on any atom is 0.238 e. The Morgan fingerprint density at radius 3 is 2.93 bits per heavy atom. The van der Waals surface area contributed by atoms with Gasteiger partial charge in [-0.2, -0.15) is 0 Å². The summed E-state index contributed by atoms with van der Waals surface area (Å²) >= 11 is 4.98. The second-order valence-corrected chi connectivity index (χ2v) is 11.8.